The first-order chi connectivity index (χ1) is 15.5. The zero-order chi connectivity index (χ0) is 24.2. The Morgan fingerprint density at radius 1 is 1.12 bits per heavy atom. The summed E-state index contributed by atoms with van der Waals surface area (Å²) in [7, 11) is 0. The van der Waals surface area contributed by atoms with E-state index in [1.165, 1.54) is 12.3 Å². The molecule has 0 bridgehead atoms. The van der Waals surface area contributed by atoms with Gasteiger partial charge < -0.3 is 33.6 Å². The largest absolute Gasteiger partial charge is 0.480 e. The maximum atomic E-state index is 12.7. The molecule has 0 radical (unpaired) electrons. The molecular formula is C22H24N2O9. The highest BCUT2D eigenvalue weighted by atomic mass is 16.6. The Balaban J connectivity index is 1.72. The van der Waals surface area contributed by atoms with Crippen LogP contribution in [-0.4, -0.2) is 59.8 Å². The summed E-state index contributed by atoms with van der Waals surface area (Å²) >= 11 is 0. The standard InChI is InChI=1S/C22H24N2O9/c1-22(2,3)33-21(29)23-7-8-24(11-16(26)27)15(25)12-31-20-18-14(6-9-30-18)10-13-4-5-17(28)32-19(13)20/h4-6,9-10H,7-8,11-12H2,1-3H3,(H,23,29)(H,26,27). The average molecular weight is 460 g/mol. The number of carbonyl (C=O) groups excluding carboxylic acids is 2. The minimum atomic E-state index is -1.23. The third-order valence-corrected chi connectivity index (χ3v) is 4.35. The van der Waals surface area contributed by atoms with Crippen LogP contribution in [0.1, 0.15) is 20.8 Å². The number of carbonyl (C=O) groups is 3. The van der Waals surface area contributed by atoms with Crippen LogP contribution >= 0.6 is 0 Å². The SMILES string of the molecule is CC(C)(C)OC(=O)NCCN(CC(=O)O)C(=O)COc1c2occc2cc2ccc(=O)oc12. The average Bonchev–Trinajstić information content (AvgIpc) is 3.17. The van der Waals surface area contributed by atoms with E-state index in [4.69, 9.17) is 23.4 Å². The summed E-state index contributed by atoms with van der Waals surface area (Å²) in [6.07, 6.45) is 0.738. The zero-order valence-corrected chi connectivity index (χ0v) is 18.4. The monoisotopic (exact) mass is 460 g/mol. The molecule has 3 aromatic rings. The van der Waals surface area contributed by atoms with E-state index in [1.54, 1.807) is 39.0 Å². The molecule has 176 valence electrons. The van der Waals surface area contributed by atoms with Crippen molar-refractivity contribution in [2.24, 2.45) is 0 Å². The number of rotatable bonds is 8. The van der Waals surface area contributed by atoms with Gasteiger partial charge in [0.1, 0.15) is 12.1 Å². The molecule has 0 spiro atoms. The van der Waals surface area contributed by atoms with Gasteiger partial charge in [-0.2, -0.15) is 0 Å². The third kappa shape index (κ3) is 6.25. The Labute approximate surface area is 187 Å². The number of carboxylic acid groups (broad SMARTS) is 1. The smallest absolute Gasteiger partial charge is 0.407 e. The van der Waals surface area contributed by atoms with Crippen LogP contribution in [-0.2, 0) is 14.3 Å². The normalized spacial score (nSPS) is 11.4. The highest BCUT2D eigenvalue weighted by Crippen LogP contribution is 2.34. The van der Waals surface area contributed by atoms with Gasteiger partial charge in [0.15, 0.2) is 17.8 Å². The Hall–Kier alpha value is -4.02. The minimum Gasteiger partial charge on any atom is -0.480 e. The second-order valence-electron chi connectivity index (χ2n) is 8.14. The molecule has 1 aromatic carbocycles. The molecule has 0 saturated heterocycles. The number of aliphatic carboxylic acids is 1. The van der Waals surface area contributed by atoms with Gasteiger partial charge in [-0.05, 0) is 39.0 Å². The summed E-state index contributed by atoms with van der Waals surface area (Å²) in [5.74, 6) is -1.83. The molecule has 0 atom stereocenters. The van der Waals surface area contributed by atoms with Crippen LogP contribution in [0.25, 0.3) is 21.9 Å². The minimum absolute atomic E-state index is 0.0283. The second-order valence-corrected chi connectivity index (χ2v) is 8.14. The number of nitrogens with one attached hydrogen (secondary N) is 1. The summed E-state index contributed by atoms with van der Waals surface area (Å²) in [5, 5.41) is 12.9. The van der Waals surface area contributed by atoms with Crippen LogP contribution in [0.15, 0.2) is 44.2 Å². The van der Waals surface area contributed by atoms with E-state index in [0.717, 1.165) is 4.90 Å². The molecule has 2 amide bonds. The van der Waals surface area contributed by atoms with E-state index < -0.39 is 42.3 Å². The number of furan rings is 1. The molecule has 2 heterocycles. The molecular weight excluding hydrogens is 436 g/mol. The van der Waals surface area contributed by atoms with Gasteiger partial charge in [-0.3, -0.25) is 9.59 Å². The van der Waals surface area contributed by atoms with Crippen molar-refractivity contribution < 1.29 is 37.8 Å². The number of alkyl carbamates (subject to hydrolysis) is 1. The van der Waals surface area contributed by atoms with Crippen LogP contribution in [0.4, 0.5) is 4.79 Å². The number of hydrogen-bond donors (Lipinski definition) is 2. The fraction of sp³-hybridized carbons (Fsp3) is 0.364. The number of ether oxygens (including phenoxy) is 2. The Morgan fingerprint density at radius 2 is 1.85 bits per heavy atom. The molecule has 0 aliphatic carbocycles. The topological polar surface area (TPSA) is 149 Å². The van der Waals surface area contributed by atoms with Crippen molar-refractivity contribution in [3.05, 3.63) is 40.9 Å². The maximum Gasteiger partial charge on any atom is 0.407 e. The summed E-state index contributed by atoms with van der Waals surface area (Å²) in [6.45, 7) is 3.85. The number of benzene rings is 1. The molecule has 33 heavy (non-hydrogen) atoms. The Morgan fingerprint density at radius 3 is 2.55 bits per heavy atom. The molecule has 2 N–H and O–H groups in total. The van der Waals surface area contributed by atoms with Gasteiger partial charge in [-0.15, -0.1) is 0 Å². The molecule has 3 rings (SSSR count). The van der Waals surface area contributed by atoms with Gasteiger partial charge in [-0.25, -0.2) is 9.59 Å². The highest BCUT2D eigenvalue weighted by molar-refractivity contribution is 6.00. The lowest BCUT2D eigenvalue weighted by Crippen LogP contribution is -2.44. The number of carboxylic acids is 1. The van der Waals surface area contributed by atoms with Crippen molar-refractivity contribution in [1.82, 2.24) is 10.2 Å². The molecule has 0 unspecified atom stereocenters. The molecule has 11 heteroatoms. The lowest BCUT2D eigenvalue weighted by molar-refractivity contribution is -0.145. The van der Waals surface area contributed by atoms with E-state index in [-0.39, 0.29) is 30.0 Å². The van der Waals surface area contributed by atoms with Crippen LogP contribution in [0.3, 0.4) is 0 Å². The van der Waals surface area contributed by atoms with Gasteiger partial charge in [0, 0.05) is 29.9 Å². The van der Waals surface area contributed by atoms with Crippen molar-refractivity contribution in [2.75, 3.05) is 26.2 Å². The summed E-state index contributed by atoms with van der Waals surface area (Å²) in [6, 6.07) is 6.25. The highest BCUT2D eigenvalue weighted by Gasteiger charge is 2.21. The van der Waals surface area contributed by atoms with Crippen LogP contribution < -0.4 is 15.7 Å². The summed E-state index contributed by atoms with van der Waals surface area (Å²) in [5.41, 5.74) is -0.917. The van der Waals surface area contributed by atoms with Crippen molar-refractivity contribution in [2.45, 2.75) is 26.4 Å². The van der Waals surface area contributed by atoms with Crippen molar-refractivity contribution in [1.29, 1.82) is 0 Å². The van der Waals surface area contributed by atoms with Crippen LogP contribution in [0, 0.1) is 0 Å². The maximum absolute atomic E-state index is 12.7. The van der Waals surface area contributed by atoms with Gasteiger partial charge in [0.05, 0.1) is 6.26 Å². The van der Waals surface area contributed by atoms with E-state index in [9.17, 15) is 19.2 Å². The van der Waals surface area contributed by atoms with E-state index >= 15 is 0 Å². The van der Waals surface area contributed by atoms with Gasteiger partial charge in [0.25, 0.3) is 5.91 Å². The number of hydrogen-bond acceptors (Lipinski definition) is 8. The van der Waals surface area contributed by atoms with Crippen molar-refractivity contribution >= 4 is 39.9 Å². The molecule has 0 aliphatic rings. The Kier molecular flexibility index (Phi) is 6.90. The van der Waals surface area contributed by atoms with E-state index in [1.807, 2.05) is 0 Å². The fourth-order valence-electron chi connectivity index (χ4n) is 3.02. The predicted octanol–water partition coefficient (Wildman–Crippen LogP) is 2.36. The quantitative estimate of drug-likeness (QED) is 0.483. The lowest BCUT2D eigenvalue weighted by Gasteiger charge is -2.23. The van der Waals surface area contributed by atoms with E-state index in [0.29, 0.717) is 10.8 Å². The number of nitrogens with zero attached hydrogens (tertiary/aromatic N) is 1. The molecule has 0 fully saturated rings. The summed E-state index contributed by atoms with van der Waals surface area (Å²) in [4.78, 5) is 48.4. The van der Waals surface area contributed by atoms with Crippen molar-refractivity contribution in [3.63, 3.8) is 0 Å². The molecule has 11 nitrogen and oxygen atoms in total. The third-order valence-electron chi connectivity index (χ3n) is 4.35. The van der Waals surface area contributed by atoms with Crippen LogP contribution in [0.5, 0.6) is 5.75 Å². The molecule has 2 aromatic heterocycles. The lowest BCUT2D eigenvalue weighted by atomic mass is 10.1. The Bertz CT molecular complexity index is 1240. The molecule has 0 aliphatic heterocycles. The summed E-state index contributed by atoms with van der Waals surface area (Å²) < 4.78 is 21.4. The second kappa shape index (κ2) is 9.63. The van der Waals surface area contributed by atoms with Gasteiger partial charge in [-0.1, -0.05) is 0 Å². The van der Waals surface area contributed by atoms with Gasteiger partial charge >= 0.3 is 17.7 Å². The van der Waals surface area contributed by atoms with E-state index in [2.05, 4.69) is 5.32 Å². The van der Waals surface area contributed by atoms with Crippen LogP contribution in [0.2, 0.25) is 0 Å². The molecule has 0 saturated carbocycles. The van der Waals surface area contributed by atoms with Crippen molar-refractivity contribution in [3.8, 4) is 5.75 Å². The fourth-order valence-corrected chi connectivity index (χ4v) is 3.02. The number of fused-ring (bicyclic) bond motifs is 2. The first-order valence-electron chi connectivity index (χ1n) is 10.1. The first-order valence-corrected chi connectivity index (χ1v) is 10.1. The first kappa shape index (κ1) is 23.6. The van der Waals surface area contributed by atoms with Gasteiger partial charge in [0.2, 0.25) is 5.75 Å². The number of amides is 2. The zero-order valence-electron chi connectivity index (χ0n) is 18.4. The predicted molar refractivity (Wildman–Crippen MR) is 116 cm³/mol.